The van der Waals surface area contributed by atoms with Crippen molar-refractivity contribution in [1.29, 1.82) is 0 Å². The molecule has 3 aliphatic rings. The van der Waals surface area contributed by atoms with Crippen molar-refractivity contribution in [3.63, 3.8) is 0 Å². The summed E-state index contributed by atoms with van der Waals surface area (Å²) in [5.41, 5.74) is 0.523. The van der Waals surface area contributed by atoms with Gasteiger partial charge in [-0.1, -0.05) is 0 Å². The lowest BCUT2D eigenvalue weighted by atomic mass is 9.64. The molecule has 1 spiro atoms. The lowest BCUT2D eigenvalue weighted by Gasteiger charge is -2.51. The third kappa shape index (κ3) is 3.42. The number of rotatable bonds is 2. The van der Waals surface area contributed by atoms with Crippen molar-refractivity contribution in [3.8, 4) is 0 Å². The van der Waals surface area contributed by atoms with Crippen molar-refractivity contribution in [2.75, 3.05) is 26.2 Å². The lowest BCUT2D eigenvalue weighted by molar-refractivity contribution is -0.128. The van der Waals surface area contributed by atoms with Crippen LogP contribution >= 0.6 is 0 Å². The van der Waals surface area contributed by atoms with Gasteiger partial charge in [-0.05, 0) is 77.9 Å². The molecule has 2 aliphatic heterocycles. The van der Waals surface area contributed by atoms with E-state index in [1.165, 1.54) is 32.4 Å². The molecule has 0 radical (unpaired) electrons. The van der Waals surface area contributed by atoms with Crippen molar-refractivity contribution in [2.24, 2.45) is 11.3 Å². The van der Waals surface area contributed by atoms with Crippen LogP contribution in [-0.4, -0.2) is 48.6 Å². The maximum atomic E-state index is 12.2. The Balaban J connectivity index is 1.42. The Hall–Kier alpha value is -0.610. The average Bonchev–Trinajstić information content (AvgIpc) is 2.84. The van der Waals surface area contributed by atoms with Crippen LogP contribution in [0.5, 0.6) is 0 Å². The fourth-order valence-electron chi connectivity index (χ4n) is 4.34. The summed E-state index contributed by atoms with van der Waals surface area (Å²) in [6, 6.07) is 0.788. The molecule has 2 heterocycles. The van der Waals surface area contributed by atoms with Crippen LogP contribution in [0, 0.1) is 11.3 Å². The minimum absolute atomic E-state index is 0.107. The van der Waals surface area contributed by atoms with Gasteiger partial charge in [0, 0.05) is 24.0 Å². The highest BCUT2D eigenvalue weighted by atomic mass is 16.2. The molecule has 0 unspecified atom stereocenters. The molecule has 2 saturated heterocycles. The van der Waals surface area contributed by atoms with Gasteiger partial charge in [-0.25, -0.2) is 0 Å². The van der Waals surface area contributed by atoms with E-state index in [9.17, 15) is 4.79 Å². The fourth-order valence-corrected chi connectivity index (χ4v) is 4.34. The SMILES string of the molecule is CC(C)(C)NC(=O)C1CCN(C2CC3(CCNC3)C2)CC1. The van der Waals surface area contributed by atoms with Gasteiger partial charge in [0.25, 0.3) is 0 Å². The van der Waals surface area contributed by atoms with Gasteiger partial charge in [0.15, 0.2) is 0 Å². The number of nitrogens with one attached hydrogen (secondary N) is 2. The number of likely N-dealkylation sites (tertiary alicyclic amines) is 1. The van der Waals surface area contributed by atoms with E-state index in [-0.39, 0.29) is 17.4 Å². The van der Waals surface area contributed by atoms with Crippen molar-refractivity contribution in [3.05, 3.63) is 0 Å². The number of nitrogens with zero attached hydrogens (tertiary/aromatic N) is 1. The van der Waals surface area contributed by atoms with Crippen LogP contribution in [0.3, 0.4) is 0 Å². The molecule has 1 aliphatic carbocycles. The van der Waals surface area contributed by atoms with Crippen LogP contribution in [-0.2, 0) is 4.79 Å². The minimum Gasteiger partial charge on any atom is -0.351 e. The molecule has 21 heavy (non-hydrogen) atoms. The summed E-state index contributed by atoms with van der Waals surface area (Å²) in [6.45, 7) is 10.8. The molecule has 1 saturated carbocycles. The van der Waals surface area contributed by atoms with E-state index in [0.717, 1.165) is 32.0 Å². The van der Waals surface area contributed by atoms with E-state index in [2.05, 4.69) is 36.3 Å². The van der Waals surface area contributed by atoms with Gasteiger partial charge in [0.2, 0.25) is 5.91 Å². The Kier molecular flexibility index (Phi) is 4.04. The smallest absolute Gasteiger partial charge is 0.223 e. The van der Waals surface area contributed by atoms with Crippen LogP contribution in [0.15, 0.2) is 0 Å². The molecule has 0 bridgehead atoms. The van der Waals surface area contributed by atoms with Gasteiger partial charge in [-0.3, -0.25) is 4.79 Å². The highest BCUT2D eigenvalue weighted by Crippen LogP contribution is 2.48. The van der Waals surface area contributed by atoms with Gasteiger partial charge >= 0.3 is 0 Å². The molecule has 120 valence electrons. The summed E-state index contributed by atoms with van der Waals surface area (Å²) in [5, 5.41) is 6.65. The number of carbonyl (C=O) groups is 1. The van der Waals surface area contributed by atoms with Crippen molar-refractivity contribution >= 4 is 5.91 Å². The summed E-state index contributed by atoms with van der Waals surface area (Å²) in [4.78, 5) is 14.9. The molecule has 1 amide bonds. The second-order valence-corrected chi connectivity index (χ2v) is 8.54. The summed E-state index contributed by atoms with van der Waals surface area (Å²) in [5.74, 6) is 0.481. The van der Waals surface area contributed by atoms with Gasteiger partial charge < -0.3 is 15.5 Å². The zero-order valence-electron chi connectivity index (χ0n) is 13.9. The second-order valence-electron chi connectivity index (χ2n) is 8.54. The molecule has 0 aromatic heterocycles. The molecule has 4 heteroatoms. The first kappa shape index (κ1) is 15.3. The Morgan fingerprint density at radius 1 is 1.24 bits per heavy atom. The van der Waals surface area contributed by atoms with Gasteiger partial charge in [-0.15, -0.1) is 0 Å². The lowest BCUT2D eigenvalue weighted by Crippen LogP contribution is -2.55. The summed E-state index contributed by atoms with van der Waals surface area (Å²) in [7, 11) is 0. The predicted molar refractivity (Wildman–Crippen MR) is 85.1 cm³/mol. The summed E-state index contributed by atoms with van der Waals surface area (Å²) in [6.07, 6.45) is 6.18. The minimum atomic E-state index is -0.107. The first-order valence-corrected chi connectivity index (χ1v) is 8.64. The van der Waals surface area contributed by atoms with E-state index >= 15 is 0 Å². The molecule has 0 atom stereocenters. The van der Waals surface area contributed by atoms with Crippen molar-refractivity contribution in [2.45, 2.75) is 64.5 Å². The fraction of sp³-hybridized carbons (Fsp3) is 0.941. The highest BCUT2D eigenvalue weighted by molar-refractivity contribution is 5.79. The average molecular weight is 293 g/mol. The first-order chi connectivity index (χ1) is 9.87. The number of piperidine rings is 1. The maximum Gasteiger partial charge on any atom is 0.223 e. The Morgan fingerprint density at radius 2 is 1.90 bits per heavy atom. The largest absolute Gasteiger partial charge is 0.351 e. The zero-order chi connectivity index (χ0) is 15.1. The number of carbonyl (C=O) groups excluding carboxylic acids is 1. The Bertz CT molecular complexity index is 379. The topological polar surface area (TPSA) is 44.4 Å². The number of hydrogen-bond donors (Lipinski definition) is 2. The van der Waals surface area contributed by atoms with Crippen LogP contribution in [0.2, 0.25) is 0 Å². The number of amides is 1. The van der Waals surface area contributed by atoms with Crippen LogP contribution in [0.25, 0.3) is 0 Å². The van der Waals surface area contributed by atoms with Crippen LogP contribution < -0.4 is 10.6 Å². The van der Waals surface area contributed by atoms with Gasteiger partial charge in [0.1, 0.15) is 0 Å². The predicted octanol–water partition coefficient (Wildman–Crippen LogP) is 1.76. The third-order valence-corrected chi connectivity index (χ3v) is 5.58. The molecule has 2 N–H and O–H groups in total. The molecule has 3 rings (SSSR count). The number of hydrogen-bond acceptors (Lipinski definition) is 3. The molecule has 3 fully saturated rings. The normalized spacial score (nSPS) is 34.9. The highest BCUT2D eigenvalue weighted by Gasteiger charge is 2.48. The quantitative estimate of drug-likeness (QED) is 0.815. The van der Waals surface area contributed by atoms with Gasteiger partial charge in [0.05, 0.1) is 0 Å². The monoisotopic (exact) mass is 293 g/mol. The van der Waals surface area contributed by atoms with Crippen molar-refractivity contribution < 1.29 is 4.79 Å². The van der Waals surface area contributed by atoms with E-state index in [4.69, 9.17) is 0 Å². The van der Waals surface area contributed by atoms with Crippen LogP contribution in [0.4, 0.5) is 0 Å². The summed E-state index contributed by atoms with van der Waals surface area (Å²) >= 11 is 0. The van der Waals surface area contributed by atoms with E-state index < -0.39 is 0 Å². The van der Waals surface area contributed by atoms with E-state index in [1.807, 2.05) is 0 Å². The summed E-state index contributed by atoms with van der Waals surface area (Å²) < 4.78 is 0. The molecular weight excluding hydrogens is 262 g/mol. The Labute approximate surface area is 129 Å². The van der Waals surface area contributed by atoms with Gasteiger partial charge in [-0.2, -0.15) is 0 Å². The molecule has 4 nitrogen and oxygen atoms in total. The zero-order valence-corrected chi connectivity index (χ0v) is 13.9. The first-order valence-electron chi connectivity index (χ1n) is 8.64. The molecular formula is C17H31N3O. The van der Waals surface area contributed by atoms with Crippen LogP contribution in [0.1, 0.15) is 52.9 Å². The Morgan fingerprint density at radius 3 is 2.43 bits per heavy atom. The second kappa shape index (κ2) is 5.54. The maximum absolute atomic E-state index is 12.2. The van der Waals surface area contributed by atoms with E-state index in [0.29, 0.717) is 5.41 Å². The third-order valence-electron chi connectivity index (χ3n) is 5.58. The van der Waals surface area contributed by atoms with Crippen molar-refractivity contribution in [1.82, 2.24) is 15.5 Å². The molecule has 0 aromatic rings. The van der Waals surface area contributed by atoms with E-state index in [1.54, 1.807) is 0 Å². The molecule has 0 aromatic carbocycles. The standard InChI is InChI=1S/C17H31N3O/c1-16(2,3)19-15(21)13-4-8-20(9-5-13)14-10-17(11-14)6-7-18-12-17/h13-14,18H,4-12H2,1-3H3,(H,19,21).